The van der Waals surface area contributed by atoms with E-state index < -0.39 is 0 Å². The topological polar surface area (TPSA) is 85.3 Å². The van der Waals surface area contributed by atoms with Crippen LogP contribution >= 0.6 is 12.4 Å². The van der Waals surface area contributed by atoms with Gasteiger partial charge in [0.1, 0.15) is 0 Å². The maximum Gasteiger partial charge on any atom is 0.253 e. The van der Waals surface area contributed by atoms with E-state index in [1.165, 1.54) is 0 Å². The Morgan fingerprint density at radius 1 is 1.20 bits per heavy atom. The Morgan fingerprint density at radius 2 is 1.96 bits per heavy atom. The maximum atomic E-state index is 12.7. The minimum Gasteiger partial charge on any atom is -0.339 e. The second-order valence-corrected chi connectivity index (χ2v) is 6.76. The molecule has 2 N–H and O–H groups in total. The summed E-state index contributed by atoms with van der Waals surface area (Å²) in [6, 6.07) is 7.53. The number of nitrogens with zero attached hydrogens (tertiary/aromatic N) is 3. The van der Waals surface area contributed by atoms with E-state index in [9.17, 15) is 4.79 Å². The number of halogens is 1. The summed E-state index contributed by atoms with van der Waals surface area (Å²) in [6.45, 7) is 1.92. The lowest BCUT2D eigenvalue weighted by atomic mass is 9.96. The maximum absolute atomic E-state index is 12.7. The highest BCUT2D eigenvalue weighted by Crippen LogP contribution is 2.39. The first-order valence-electron chi connectivity index (χ1n) is 8.66. The van der Waals surface area contributed by atoms with E-state index in [2.05, 4.69) is 10.1 Å². The van der Waals surface area contributed by atoms with Crippen LogP contribution in [-0.4, -0.2) is 34.0 Å². The van der Waals surface area contributed by atoms with Crippen molar-refractivity contribution in [3.8, 4) is 0 Å². The Morgan fingerprint density at radius 3 is 2.64 bits per heavy atom. The molecule has 2 aliphatic rings. The van der Waals surface area contributed by atoms with Gasteiger partial charge in [-0.2, -0.15) is 4.98 Å². The molecule has 2 fully saturated rings. The van der Waals surface area contributed by atoms with Crippen LogP contribution < -0.4 is 5.73 Å². The summed E-state index contributed by atoms with van der Waals surface area (Å²) in [6.07, 6.45) is 4.26. The van der Waals surface area contributed by atoms with Crippen LogP contribution in [0.5, 0.6) is 0 Å². The second-order valence-electron chi connectivity index (χ2n) is 6.76. The average Bonchev–Trinajstić information content (AvgIpc) is 3.38. The molecule has 2 heterocycles. The average molecular weight is 363 g/mol. The standard InChI is InChI=1S/C18H22N4O2.ClH/c19-10-12-3-5-14(6-4-12)18(23)22-9-1-2-15(11-22)16-20-17(24-21-16)13-7-8-13;/h3-6,13,15H,1-2,7-11,19H2;1H. The normalized spacial score (nSPS) is 20.2. The zero-order valence-corrected chi connectivity index (χ0v) is 14.9. The van der Waals surface area contributed by atoms with Crippen LogP contribution in [0.3, 0.4) is 0 Å². The summed E-state index contributed by atoms with van der Waals surface area (Å²) < 4.78 is 5.37. The summed E-state index contributed by atoms with van der Waals surface area (Å²) in [4.78, 5) is 19.2. The molecule has 25 heavy (non-hydrogen) atoms. The van der Waals surface area contributed by atoms with Gasteiger partial charge >= 0.3 is 0 Å². The molecule has 2 aromatic rings. The molecule has 1 saturated carbocycles. The second kappa shape index (κ2) is 7.54. The summed E-state index contributed by atoms with van der Waals surface area (Å²) in [5, 5.41) is 4.15. The summed E-state index contributed by atoms with van der Waals surface area (Å²) in [5.41, 5.74) is 7.35. The molecular weight excluding hydrogens is 340 g/mol. The van der Waals surface area contributed by atoms with E-state index in [1.54, 1.807) is 0 Å². The van der Waals surface area contributed by atoms with Crippen molar-refractivity contribution in [1.82, 2.24) is 15.0 Å². The molecule has 0 bridgehead atoms. The lowest BCUT2D eigenvalue weighted by molar-refractivity contribution is 0.0703. The fraction of sp³-hybridized carbons (Fsp3) is 0.500. The molecule has 7 heteroatoms. The molecule has 1 unspecified atom stereocenters. The van der Waals surface area contributed by atoms with E-state index >= 15 is 0 Å². The molecule has 0 radical (unpaired) electrons. The number of benzene rings is 1. The van der Waals surface area contributed by atoms with E-state index in [0.717, 1.165) is 49.5 Å². The van der Waals surface area contributed by atoms with Gasteiger partial charge in [0, 0.05) is 37.0 Å². The van der Waals surface area contributed by atoms with E-state index in [4.69, 9.17) is 10.3 Å². The van der Waals surface area contributed by atoms with Gasteiger partial charge < -0.3 is 15.2 Å². The highest BCUT2D eigenvalue weighted by molar-refractivity contribution is 5.94. The third-order valence-corrected chi connectivity index (χ3v) is 4.89. The minimum absolute atomic E-state index is 0. The summed E-state index contributed by atoms with van der Waals surface area (Å²) >= 11 is 0. The fourth-order valence-electron chi connectivity index (χ4n) is 3.25. The largest absolute Gasteiger partial charge is 0.339 e. The van der Waals surface area contributed by atoms with Crippen molar-refractivity contribution in [2.24, 2.45) is 5.73 Å². The minimum atomic E-state index is 0. The number of likely N-dealkylation sites (tertiary alicyclic amines) is 1. The summed E-state index contributed by atoms with van der Waals surface area (Å²) in [7, 11) is 0. The van der Waals surface area contributed by atoms with Crippen LogP contribution in [0.4, 0.5) is 0 Å². The number of rotatable bonds is 4. The molecule has 1 aliphatic heterocycles. The SMILES string of the molecule is Cl.NCc1ccc(C(=O)N2CCCC(c3noc(C4CC4)n3)C2)cc1. The molecule has 1 aliphatic carbocycles. The van der Waals surface area contributed by atoms with Crippen LogP contribution in [0.2, 0.25) is 0 Å². The van der Waals surface area contributed by atoms with Crippen molar-refractivity contribution < 1.29 is 9.32 Å². The number of hydrogen-bond acceptors (Lipinski definition) is 5. The van der Waals surface area contributed by atoms with Gasteiger partial charge in [0.25, 0.3) is 5.91 Å². The van der Waals surface area contributed by atoms with Gasteiger partial charge in [-0.25, -0.2) is 0 Å². The van der Waals surface area contributed by atoms with E-state index in [1.807, 2.05) is 29.2 Å². The van der Waals surface area contributed by atoms with Crippen LogP contribution in [0.25, 0.3) is 0 Å². The van der Waals surface area contributed by atoms with Crippen molar-refractivity contribution >= 4 is 18.3 Å². The van der Waals surface area contributed by atoms with Crippen molar-refractivity contribution in [2.45, 2.75) is 44.1 Å². The van der Waals surface area contributed by atoms with Gasteiger partial charge in [0.2, 0.25) is 5.89 Å². The quantitative estimate of drug-likeness (QED) is 0.903. The number of nitrogens with two attached hydrogens (primary N) is 1. The number of carbonyl (C=O) groups is 1. The molecule has 1 atom stereocenters. The van der Waals surface area contributed by atoms with Crippen molar-refractivity contribution in [1.29, 1.82) is 0 Å². The van der Waals surface area contributed by atoms with Gasteiger partial charge in [-0.15, -0.1) is 12.4 Å². The molecule has 1 aromatic carbocycles. The van der Waals surface area contributed by atoms with Crippen LogP contribution in [0.1, 0.15) is 65.2 Å². The Kier molecular flexibility index (Phi) is 5.39. The highest BCUT2D eigenvalue weighted by Gasteiger charge is 2.33. The Labute approximate surface area is 153 Å². The van der Waals surface area contributed by atoms with Crippen LogP contribution in [0.15, 0.2) is 28.8 Å². The van der Waals surface area contributed by atoms with Gasteiger partial charge in [0.15, 0.2) is 5.82 Å². The predicted molar refractivity (Wildman–Crippen MR) is 95.7 cm³/mol. The number of piperidine rings is 1. The van der Waals surface area contributed by atoms with Crippen molar-refractivity contribution in [2.75, 3.05) is 13.1 Å². The highest BCUT2D eigenvalue weighted by atomic mass is 35.5. The Hall–Kier alpha value is -1.92. The number of aromatic nitrogens is 2. The zero-order valence-electron chi connectivity index (χ0n) is 14.1. The Balaban J connectivity index is 0.00000182. The Bertz CT molecular complexity index is 727. The number of carbonyl (C=O) groups excluding carboxylic acids is 1. The van der Waals surface area contributed by atoms with E-state index in [-0.39, 0.29) is 24.2 Å². The first kappa shape index (κ1) is 17.9. The first-order valence-corrected chi connectivity index (χ1v) is 8.66. The molecular formula is C18H23ClN4O2. The predicted octanol–water partition coefficient (Wildman–Crippen LogP) is 2.85. The molecule has 134 valence electrons. The third-order valence-electron chi connectivity index (χ3n) is 4.89. The van der Waals surface area contributed by atoms with Crippen LogP contribution in [-0.2, 0) is 6.54 Å². The van der Waals surface area contributed by atoms with Gasteiger partial charge in [-0.3, -0.25) is 4.79 Å². The molecule has 4 rings (SSSR count). The monoisotopic (exact) mass is 362 g/mol. The number of amides is 1. The van der Waals surface area contributed by atoms with Gasteiger partial charge in [0.05, 0.1) is 0 Å². The van der Waals surface area contributed by atoms with Crippen LogP contribution in [0, 0.1) is 0 Å². The molecule has 6 nitrogen and oxygen atoms in total. The fourth-order valence-corrected chi connectivity index (χ4v) is 3.25. The molecule has 0 spiro atoms. The van der Waals surface area contributed by atoms with E-state index in [0.29, 0.717) is 24.6 Å². The molecule has 1 saturated heterocycles. The number of hydrogen-bond donors (Lipinski definition) is 1. The summed E-state index contributed by atoms with van der Waals surface area (Å²) in [5.74, 6) is 2.23. The first-order chi connectivity index (χ1) is 11.7. The molecule has 1 aromatic heterocycles. The van der Waals surface area contributed by atoms with Gasteiger partial charge in [-0.05, 0) is 43.4 Å². The third kappa shape index (κ3) is 3.85. The van der Waals surface area contributed by atoms with Crippen molar-refractivity contribution in [3.05, 3.63) is 47.1 Å². The zero-order chi connectivity index (χ0) is 16.5. The lowest BCUT2D eigenvalue weighted by Crippen LogP contribution is -2.39. The lowest BCUT2D eigenvalue weighted by Gasteiger charge is -2.31. The molecule has 1 amide bonds. The van der Waals surface area contributed by atoms with Gasteiger partial charge in [-0.1, -0.05) is 17.3 Å². The van der Waals surface area contributed by atoms with Crippen molar-refractivity contribution in [3.63, 3.8) is 0 Å². The smallest absolute Gasteiger partial charge is 0.253 e.